The van der Waals surface area contributed by atoms with E-state index in [4.69, 9.17) is 5.11 Å². The maximum atomic E-state index is 12.1. The zero-order chi connectivity index (χ0) is 18.7. The molecular formula is C20H32O5. The summed E-state index contributed by atoms with van der Waals surface area (Å²) in [6.45, 7) is 2.10. The van der Waals surface area contributed by atoms with Crippen LogP contribution >= 0.6 is 0 Å². The molecule has 0 spiro atoms. The molecule has 1 aliphatic carbocycles. The topological polar surface area (TPSA) is 91.7 Å². The number of carboxylic acid groups (broad SMARTS) is 1. The second kappa shape index (κ2) is 12.0. The SMILES string of the molecule is CCCCCC(=O)CC[C@@H]1C(=O)C[C@H](O)[C@@H]1C/C=C\CCCC(=O)O. The van der Waals surface area contributed by atoms with Gasteiger partial charge in [0.15, 0.2) is 0 Å². The quantitative estimate of drug-likeness (QED) is 0.390. The van der Waals surface area contributed by atoms with Crippen LogP contribution in [0.3, 0.4) is 0 Å². The highest BCUT2D eigenvalue weighted by Crippen LogP contribution is 2.35. The Balaban J connectivity index is 2.39. The van der Waals surface area contributed by atoms with Gasteiger partial charge in [-0.05, 0) is 38.0 Å². The van der Waals surface area contributed by atoms with Crippen LogP contribution in [0.15, 0.2) is 12.2 Å². The standard InChI is InChI=1S/C20H32O5/c1-2-3-6-9-15(21)12-13-17-16(18(22)14-19(17)23)10-7-4-5-8-11-20(24)25/h4,7,16-18,22H,2-3,5-6,8-14H2,1H3,(H,24,25)/b7-4-/t16-,17+,18+/m1/s1. The molecule has 0 aromatic heterocycles. The molecule has 25 heavy (non-hydrogen) atoms. The minimum absolute atomic E-state index is 0.0677. The zero-order valence-electron chi connectivity index (χ0n) is 15.3. The van der Waals surface area contributed by atoms with Crippen LogP contribution in [0.5, 0.6) is 0 Å². The first-order valence-electron chi connectivity index (χ1n) is 9.55. The van der Waals surface area contributed by atoms with Crippen molar-refractivity contribution in [2.24, 2.45) is 11.8 Å². The molecule has 1 rings (SSSR count). The van der Waals surface area contributed by atoms with Crippen LogP contribution in [0, 0.1) is 11.8 Å². The van der Waals surface area contributed by atoms with Crippen molar-refractivity contribution in [3.05, 3.63) is 12.2 Å². The maximum absolute atomic E-state index is 12.1. The first-order chi connectivity index (χ1) is 12.0. The molecular weight excluding hydrogens is 320 g/mol. The van der Waals surface area contributed by atoms with Crippen LogP contribution in [0.4, 0.5) is 0 Å². The Morgan fingerprint density at radius 3 is 2.56 bits per heavy atom. The van der Waals surface area contributed by atoms with Crippen LogP contribution in [-0.2, 0) is 14.4 Å². The zero-order valence-corrected chi connectivity index (χ0v) is 15.3. The number of rotatable bonds is 13. The lowest BCUT2D eigenvalue weighted by Crippen LogP contribution is -2.21. The van der Waals surface area contributed by atoms with Gasteiger partial charge in [-0.15, -0.1) is 0 Å². The highest BCUT2D eigenvalue weighted by molar-refractivity contribution is 5.85. The summed E-state index contributed by atoms with van der Waals surface area (Å²) >= 11 is 0. The second-order valence-corrected chi connectivity index (χ2v) is 7.04. The summed E-state index contributed by atoms with van der Waals surface area (Å²) in [5.41, 5.74) is 0. The number of hydrogen-bond acceptors (Lipinski definition) is 4. The third-order valence-corrected chi connectivity index (χ3v) is 4.96. The molecule has 0 amide bonds. The Kier molecular flexibility index (Phi) is 10.3. The Bertz CT molecular complexity index is 469. The lowest BCUT2D eigenvalue weighted by molar-refractivity contribution is -0.137. The Hall–Kier alpha value is -1.49. The van der Waals surface area contributed by atoms with E-state index < -0.39 is 12.1 Å². The van der Waals surface area contributed by atoms with E-state index in [0.717, 1.165) is 19.3 Å². The van der Waals surface area contributed by atoms with E-state index in [1.54, 1.807) is 0 Å². The summed E-state index contributed by atoms with van der Waals surface area (Å²) in [5.74, 6) is -0.863. The van der Waals surface area contributed by atoms with E-state index in [-0.39, 0.29) is 36.2 Å². The Morgan fingerprint density at radius 2 is 1.88 bits per heavy atom. The number of allylic oxidation sites excluding steroid dienone is 2. The van der Waals surface area contributed by atoms with Crippen molar-refractivity contribution in [1.82, 2.24) is 0 Å². The van der Waals surface area contributed by atoms with Crippen molar-refractivity contribution in [2.45, 2.75) is 83.7 Å². The van der Waals surface area contributed by atoms with Crippen LogP contribution in [0.2, 0.25) is 0 Å². The molecule has 0 aliphatic heterocycles. The minimum atomic E-state index is -0.797. The van der Waals surface area contributed by atoms with Crippen LogP contribution in [0.25, 0.3) is 0 Å². The lowest BCUT2D eigenvalue weighted by Gasteiger charge is -2.19. The molecule has 0 unspecified atom stereocenters. The number of hydrogen-bond donors (Lipinski definition) is 2. The van der Waals surface area contributed by atoms with Gasteiger partial charge in [-0.3, -0.25) is 14.4 Å². The third-order valence-electron chi connectivity index (χ3n) is 4.96. The van der Waals surface area contributed by atoms with Gasteiger partial charge in [0, 0.05) is 31.6 Å². The highest BCUT2D eigenvalue weighted by atomic mass is 16.4. The molecule has 0 aromatic carbocycles. The van der Waals surface area contributed by atoms with Gasteiger partial charge >= 0.3 is 5.97 Å². The van der Waals surface area contributed by atoms with Gasteiger partial charge < -0.3 is 10.2 Å². The molecule has 0 heterocycles. The van der Waals surface area contributed by atoms with E-state index in [1.807, 2.05) is 12.2 Å². The summed E-state index contributed by atoms with van der Waals surface area (Å²) in [5, 5.41) is 18.7. The summed E-state index contributed by atoms with van der Waals surface area (Å²) in [7, 11) is 0. The molecule has 5 nitrogen and oxygen atoms in total. The minimum Gasteiger partial charge on any atom is -0.481 e. The molecule has 0 saturated heterocycles. The molecule has 0 bridgehead atoms. The molecule has 0 radical (unpaired) electrons. The normalized spacial score (nSPS) is 23.4. The van der Waals surface area contributed by atoms with Crippen molar-refractivity contribution in [3.8, 4) is 0 Å². The van der Waals surface area contributed by atoms with Crippen LogP contribution < -0.4 is 0 Å². The van der Waals surface area contributed by atoms with Gasteiger partial charge in [0.25, 0.3) is 0 Å². The summed E-state index contributed by atoms with van der Waals surface area (Å²) in [6, 6.07) is 0. The van der Waals surface area contributed by atoms with Crippen LogP contribution in [0.1, 0.15) is 77.6 Å². The second-order valence-electron chi connectivity index (χ2n) is 7.04. The monoisotopic (exact) mass is 352 g/mol. The fraction of sp³-hybridized carbons (Fsp3) is 0.750. The Morgan fingerprint density at radius 1 is 1.12 bits per heavy atom. The van der Waals surface area contributed by atoms with E-state index in [0.29, 0.717) is 38.5 Å². The lowest BCUT2D eigenvalue weighted by atomic mass is 9.86. The number of ketones is 2. The number of carboxylic acids is 1. The predicted octanol–water partition coefficient (Wildman–Crippen LogP) is 3.68. The highest BCUT2D eigenvalue weighted by Gasteiger charge is 2.40. The average molecular weight is 352 g/mol. The van der Waals surface area contributed by atoms with Gasteiger partial charge in [0.1, 0.15) is 11.6 Å². The first-order valence-corrected chi connectivity index (χ1v) is 9.55. The number of carbonyl (C=O) groups is 3. The average Bonchev–Trinajstić information content (AvgIpc) is 2.82. The van der Waals surface area contributed by atoms with E-state index in [2.05, 4.69) is 6.92 Å². The summed E-state index contributed by atoms with van der Waals surface area (Å²) in [6.07, 6.45) is 10.1. The van der Waals surface area contributed by atoms with Crippen molar-refractivity contribution in [1.29, 1.82) is 0 Å². The third kappa shape index (κ3) is 8.43. The first kappa shape index (κ1) is 21.6. The fourth-order valence-electron chi connectivity index (χ4n) is 3.47. The van der Waals surface area contributed by atoms with Gasteiger partial charge in [-0.2, -0.15) is 0 Å². The largest absolute Gasteiger partial charge is 0.481 e. The van der Waals surface area contributed by atoms with Crippen molar-refractivity contribution in [2.75, 3.05) is 0 Å². The van der Waals surface area contributed by atoms with Gasteiger partial charge in [0.2, 0.25) is 0 Å². The number of aliphatic hydroxyl groups is 1. The number of carbonyl (C=O) groups excluding carboxylic acids is 2. The molecule has 3 atom stereocenters. The molecule has 0 aromatic rings. The van der Waals surface area contributed by atoms with E-state index in [9.17, 15) is 19.5 Å². The number of aliphatic carboxylic acids is 1. The summed E-state index contributed by atoms with van der Waals surface area (Å²) in [4.78, 5) is 34.5. The van der Waals surface area contributed by atoms with Gasteiger partial charge in [-0.1, -0.05) is 31.9 Å². The van der Waals surface area contributed by atoms with Crippen molar-refractivity contribution in [3.63, 3.8) is 0 Å². The fourth-order valence-corrected chi connectivity index (χ4v) is 3.47. The number of Topliss-reactive ketones (excluding diaryl/α,β-unsaturated/α-hetero) is 2. The van der Waals surface area contributed by atoms with E-state index >= 15 is 0 Å². The predicted molar refractivity (Wildman–Crippen MR) is 96.2 cm³/mol. The maximum Gasteiger partial charge on any atom is 0.303 e. The summed E-state index contributed by atoms with van der Waals surface area (Å²) < 4.78 is 0. The van der Waals surface area contributed by atoms with Gasteiger partial charge in [-0.25, -0.2) is 0 Å². The molecule has 1 fully saturated rings. The molecule has 1 aliphatic rings. The van der Waals surface area contributed by atoms with Gasteiger partial charge in [0.05, 0.1) is 6.10 Å². The van der Waals surface area contributed by atoms with Crippen molar-refractivity contribution < 1.29 is 24.6 Å². The van der Waals surface area contributed by atoms with Crippen molar-refractivity contribution >= 4 is 17.5 Å². The number of aliphatic hydroxyl groups excluding tert-OH is 1. The molecule has 5 heteroatoms. The van der Waals surface area contributed by atoms with E-state index in [1.165, 1.54) is 0 Å². The smallest absolute Gasteiger partial charge is 0.303 e. The Labute approximate surface area is 150 Å². The number of unbranched alkanes of at least 4 members (excludes halogenated alkanes) is 3. The molecule has 142 valence electrons. The molecule has 2 N–H and O–H groups in total. The van der Waals surface area contributed by atoms with Crippen LogP contribution in [-0.4, -0.2) is 33.9 Å². The molecule has 1 saturated carbocycles.